The van der Waals surface area contributed by atoms with E-state index in [2.05, 4.69) is 10.1 Å². The Hall–Kier alpha value is -3.09. The first kappa shape index (κ1) is 21.2. The number of amides is 1. The highest BCUT2D eigenvalue weighted by Crippen LogP contribution is 2.27. The summed E-state index contributed by atoms with van der Waals surface area (Å²) in [5.41, 5.74) is 3.30. The van der Waals surface area contributed by atoms with Crippen LogP contribution >= 0.6 is 0 Å². The van der Waals surface area contributed by atoms with Crippen LogP contribution in [0.2, 0.25) is 0 Å². The van der Waals surface area contributed by atoms with Gasteiger partial charge in [0.05, 0.1) is 12.1 Å². The van der Waals surface area contributed by atoms with Crippen LogP contribution in [-0.4, -0.2) is 34.0 Å². The smallest absolute Gasteiger partial charge is 0.227 e. The van der Waals surface area contributed by atoms with Gasteiger partial charge in [-0.3, -0.25) is 9.78 Å². The van der Waals surface area contributed by atoms with Crippen LogP contribution in [0.1, 0.15) is 52.6 Å². The zero-order valence-corrected chi connectivity index (χ0v) is 17.7. The summed E-state index contributed by atoms with van der Waals surface area (Å²) < 4.78 is 33.0. The molecular weight excluding hydrogens is 400 g/mol. The van der Waals surface area contributed by atoms with Gasteiger partial charge < -0.3 is 9.42 Å². The molecule has 3 heterocycles. The Morgan fingerprint density at radius 3 is 2.58 bits per heavy atom. The minimum absolute atomic E-state index is 0.0470. The van der Waals surface area contributed by atoms with E-state index in [4.69, 9.17) is 4.52 Å². The Bertz CT molecular complexity index is 1040. The third kappa shape index (κ3) is 4.65. The molecule has 3 aromatic rings. The predicted molar refractivity (Wildman–Crippen MR) is 112 cm³/mol. The van der Waals surface area contributed by atoms with Crippen LogP contribution in [-0.2, 0) is 17.6 Å². The van der Waals surface area contributed by atoms with Crippen LogP contribution in [0.15, 0.2) is 41.1 Å². The Morgan fingerprint density at radius 1 is 1.16 bits per heavy atom. The fourth-order valence-electron chi connectivity index (χ4n) is 4.15. The van der Waals surface area contributed by atoms with Crippen molar-refractivity contribution in [1.29, 1.82) is 0 Å². The molecule has 0 bridgehead atoms. The molecule has 1 aromatic carbocycles. The minimum Gasteiger partial charge on any atom is -0.361 e. The molecule has 0 unspecified atom stereocenters. The molecule has 1 aliphatic heterocycles. The summed E-state index contributed by atoms with van der Waals surface area (Å²) in [6.45, 7) is 5.00. The third-order valence-electron chi connectivity index (χ3n) is 5.99. The summed E-state index contributed by atoms with van der Waals surface area (Å²) >= 11 is 0. The van der Waals surface area contributed by atoms with Crippen molar-refractivity contribution in [3.05, 3.63) is 82.0 Å². The number of carbonyl (C=O) groups is 1. The standard InChI is InChI=1S/C24H25F2N3O2/c1-15-19(16(2)31-28-15)12-24(30)29-10-4-5-18(14-29)23-9-8-17(13-27-23)11-20-21(25)6-3-7-22(20)26/h3,6-9,13,18H,4-5,10-12,14H2,1-2H3/t18-/m0/s1. The van der Waals surface area contributed by atoms with Crippen molar-refractivity contribution in [2.24, 2.45) is 0 Å². The van der Waals surface area contributed by atoms with Crippen LogP contribution in [0, 0.1) is 25.5 Å². The summed E-state index contributed by atoms with van der Waals surface area (Å²) in [5.74, 6) is -0.220. The predicted octanol–water partition coefficient (Wildman–Crippen LogP) is 4.50. The second-order valence-corrected chi connectivity index (χ2v) is 8.13. The van der Waals surface area contributed by atoms with Gasteiger partial charge in [-0.1, -0.05) is 17.3 Å². The van der Waals surface area contributed by atoms with Crippen molar-refractivity contribution in [2.75, 3.05) is 13.1 Å². The molecule has 31 heavy (non-hydrogen) atoms. The average molecular weight is 425 g/mol. The third-order valence-corrected chi connectivity index (χ3v) is 5.99. The van der Waals surface area contributed by atoms with Crippen LogP contribution in [0.5, 0.6) is 0 Å². The molecule has 0 saturated carbocycles. The van der Waals surface area contributed by atoms with Gasteiger partial charge in [-0.2, -0.15) is 0 Å². The lowest BCUT2D eigenvalue weighted by Gasteiger charge is -2.32. The number of pyridine rings is 1. The number of benzene rings is 1. The fraction of sp³-hybridized carbons (Fsp3) is 0.375. The lowest BCUT2D eigenvalue weighted by molar-refractivity contribution is -0.131. The largest absolute Gasteiger partial charge is 0.361 e. The summed E-state index contributed by atoms with van der Waals surface area (Å²) in [5, 5.41) is 3.92. The Kier molecular flexibility index (Phi) is 6.11. The molecule has 1 atom stereocenters. The van der Waals surface area contributed by atoms with Gasteiger partial charge in [-0.25, -0.2) is 8.78 Å². The van der Waals surface area contributed by atoms with Gasteiger partial charge in [0.2, 0.25) is 5.91 Å². The average Bonchev–Trinajstić information content (AvgIpc) is 3.09. The molecule has 7 heteroatoms. The fourth-order valence-corrected chi connectivity index (χ4v) is 4.15. The van der Waals surface area contributed by atoms with E-state index in [1.807, 2.05) is 30.9 Å². The Morgan fingerprint density at radius 2 is 1.94 bits per heavy atom. The topological polar surface area (TPSA) is 59.2 Å². The summed E-state index contributed by atoms with van der Waals surface area (Å²) in [6, 6.07) is 7.64. The van der Waals surface area contributed by atoms with Crippen LogP contribution < -0.4 is 0 Å². The number of nitrogens with zero attached hydrogens (tertiary/aromatic N) is 3. The van der Waals surface area contributed by atoms with Crippen LogP contribution in [0.25, 0.3) is 0 Å². The SMILES string of the molecule is Cc1noc(C)c1CC(=O)N1CCC[C@H](c2ccc(Cc3c(F)cccc3F)cn2)C1. The van der Waals surface area contributed by atoms with Crippen molar-refractivity contribution in [2.45, 2.75) is 45.4 Å². The maximum Gasteiger partial charge on any atom is 0.227 e. The molecular formula is C24H25F2N3O2. The number of aromatic nitrogens is 2. The van der Waals surface area contributed by atoms with Crippen LogP contribution in [0.3, 0.4) is 0 Å². The summed E-state index contributed by atoms with van der Waals surface area (Å²) in [4.78, 5) is 19.3. The maximum atomic E-state index is 13.9. The zero-order chi connectivity index (χ0) is 22.0. The number of rotatable bonds is 5. The van der Waals surface area contributed by atoms with E-state index in [0.29, 0.717) is 12.3 Å². The maximum absolute atomic E-state index is 13.9. The number of aryl methyl sites for hydroxylation is 2. The van der Waals surface area contributed by atoms with Gasteiger partial charge in [-0.15, -0.1) is 0 Å². The lowest BCUT2D eigenvalue weighted by Crippen LogP contribution is -2.40. The van der Waals surface area contributed by atoms with Gasteiger partial charge in [0.15, 0.2) is 0 Å². The molecule has 1 amide bonds. The van der Waals surface area contributed by atoms with E-state index in [0.717, 1.165) is 41.9 Å². The van der Waals surface area contributed by atoms with Gasteiger partial charge in [0.1, 0.15) is 17.4 Å². The molecule has 4 rings (SSSR count). The normalized spacial score (nSPS) is 16.5. The van der Waals surface area contributed by atoms with E-state index in [9.17, 15) is 13.6 Å². The zero-order valence-electron chi connectivity index (χ0n) is 17.7. The van der Waals surface area contributed by atoms with Crippen molar-refractivity contribution in [1.82, 2.24) is 15.0 Å². The highest BCUT2D eigenvalue weighted by atomic mass is 19.1. The number of likely N-dealkylation sites (tertiary alicyclic amines) is 1. The molecule has 162 valence electrons. The second kappa shape index (κ2) is 8.96. The summed E-state index contributed by atoms with van der Waals surface area (Å²) in [7, 11) is 0. The van der Waals surface area contributed by atoms with Crippen molar-refractivity contribution in [3.63, 3.8) is 0 Å². The van der Waals surface area contributed by atoms with Crippen LogP contribution in [0.4, 0.5) is 8.78 Å². The molecule has 1 aliphatic rings. The number of hydrogen-bond donors (Lipinski definition) is 0. The first-order valence-corrected chi connectivity index (χ1v) is 10.5. The van der Waals surface area contributed by atoms with E-state index in [1.165, 1.54) is 18.2 Å². The number of carbonyl (C=O) groups excluding carboxylic acids is 1. The number of halogens is 2. The molecule has 5 nitrogen and oxygen atoms in total. The van der Waals surface area contributed by atoms with E-state index in [1.54, 1.807) is 6.20 Å². The lowest BCUT2D eigenvalue weighted by atomic mass is 9.93. The van der Waals surface area contributed by atoms with Crippen molar-refractivity contribution >= 4 is 5.91 Å². The highest BCUT2D eigenvalue weighted by Gasteiger charge is 2.27. The van der Waals surface area contributed by atoms with Gasteiger partial charge in [0.25, 0.3) is 0 Å². The van der Waals surface area contributed by atoms with E-state index in [-0.39, 0.29) is 30.2 Å². The van der Waals surface area contributed by atoms with Gasteiger partial charge in [0, 0.05) is 48.4 Å². The molecule has 1 fully saturated rings. The second-order valence-electron chi connectivity index (χ2n) is 8.13. The van der Waals surface area contributed by atoms with Crippen molar-refractivity contribution < 1.29 is 18.1 Å². The van der Waals surface area contributed by atoms with E-state index < -0.39 is 11.6 Å². The quantitative estimate of drug-likeness (QED) is 0.604. The van der Waals surface area contributed by atoms with E-state index >= 15 is 0 Å². The molecule has 0 N–H and O–H groups in total. The van der Waals surface area contributed by atoms with Gasteiger partial charge >= 0.3 is 0 Å². The Balaban J connectivity index is 1.42. The molecule has 0 aliphatic carbocycles. The Labute approximate surface area is 180 Å². The monoisotopic (exact) mass is 425 g/mol. The molecule has 0 radical (unpaired) electrons. The number of piperidine rings is 1. The molecule has 0 spiro atoms. The molecule has 2 aromatic heterocycles. The molecule has 1 saturated heterocycles. The first-order valence-electron chi connectivity index (χ1n) is 10.5. The minimum atomic E-state index is -0.552. The number of hydrogen-bond acceptors (Lipinski definition) is 4. The highest BCUT2D eigenvalue weighted by molar-refractivity contribution is 5.79. The summed E-state index contributed by atoms with van der Waals surface area (Å²) in [6.07, 6.45) is 3.96. The van der Waals surface area contributed by atoms with Gasteiger partial charge in [-0.05, 0) is 50.5 Å². The van der Waals surface area contributed by atoms with Crippen molar-refractivity contribution in [3.8, 4) is 0 Å². The first-order chi connectivity index (χ1) is 14.9.